The number of hydrogen-bond donors (Lipinski definition) is 2. The highest BCUT2D eigenvalue weighted by Crippen LogP contribution is 2.27. The highest BCUT2D eigenvalue weighted by molar-refractivity contribution is 5.91. The van der Waals surface area contributed by atoms with Crippen molar-refractivity contribution in [3.05, 3.63) is 65.4 Å². The third-order valence-corrected chi connectivity index (χ3v) is 5.17. The molecule has 2 N–H and O–H groups in total. The summed E-state index contributed by atoms with van der Waals surface area (Å²) in [6.07, 6.45) is 2.27. The van der Waals surface area contributed by atoms with Gasteiger partial charge in [-0.3, -0.25) is 4.79 Å². The predicted molar refractivity (Wildman–Crippen MR) is 101 cm³/mol. The second-order valence-corrected chi connectivity index (χ2v) is 6.75. The number of hydrogen-bond acceptors (Lipinski definition) is 3. The minimum absolute atomic E-state index is 0.138. The van der Waals surface area contributed by atoms with E-state index in [-0.39, 0.29) is 12.3 Å². The minimum atomic E-state index is -0.974. The molecule has 0 spiro atoms. The van der Waals surface area contributed by atoms with Crippen molar-refractivity contribution in [3.63, 3.8) is 0 Å². The van der Waals surface area contributed by atoms with Gasteiger partial charge in [-0.05, 0) is 34.9 Å². The summed E-state index contributed by atoms with van der Waals surface area (Å²) in [4.78, 5) is 29.4. The van der Waals surface area contributed by atoms with E-state index in [1.54, 1.807) is 13.3 Å². The van der Waals surface area contributed by atoms with Crippen LogP contribution in [0.4, 0.5) is 0 Å². The molecule has 0 fully saturated rings. The Morgan fingerprint density at radius 1 is 1.22 bits per heavy atom. The average molecular weight is 364 g/mol. The number of carbonyl (C=O) groups is 2. The molecule has 6 nitrogen and oxygen atoms in total. The van der Waals surface area contributed by atoms with Gasteiger partial charge in [0.05, 0.1) is 13.5 Å². The van der Waals surface area contributed by atoms with E-state index in [1.807, 2.05) is 42.5 Å². The molecular weight excluding hydrogens is 344 g/mol. The summed E-state index contributed by atoms with van der Waals surface area (Å²) in [5.41, 5.74) is 3.74. The molecule has 1 aromatic heterocycles. The van der Waals surface area contributed by atoms with Crippen LogP contribution in [0.1, 0.15) is 16.7 Å². The largest absolute Gasteiger partial charge is 0.497 e. The standard InChI is InChI=1S/C21H20N2O4/c1-27-16-6-7-18-17(10-16)15(11-22-18)9-20(24)23-12-14-5-3-2-4-13(14)8-19(23)21(25)26/h2-7,10-11,19,22H,8-9,12H2,1H3,(H,25,26). The molecule has 1 aliphatic heterocycles. The molecule has 138 valence electrons. The Hall–Kier alpha value is -3.28. The highest BCUT2D eigenvalue weighted by Gasteiger charge is 2.34. The van der Waals surface area contributed by atoms with Crippen LogP contribution >= 0.6 is 0 Å². The second-order valence-electron chi connectivity index (χ2n) is 6.75. The summed E-state index contributed by atoms with van der Waals surface area (Å²) >= 11 is 0. The fourth-order valence-electron chi connectivity index (χ4n) is 3.70. The van der Waals surface area contributed by atoms with Gasteiger partial charge in [-0.15, -0.1) is 0 Å². The van der Waals surface area contributed by atoms with E-state index >= 15 is 0 Å². The number of nitrogens with zero attached hydrogens (tertiary/aromatic N) is 1. The lowest BCUT2D eigenvalue weighted by molar-refractivity contribution is -0.151. The highest BCUT2D eigenvalue weighted by atomic mass is 16.5. The van der Waals surface area contributed by atoms with E-state index in [2.05, 4.69) is 4.98 Å². The first kappa shape index (κ1) is 17.1. The molecule has 6 heteroatoms. The number of aliphatic carboxylic acids is 1. The molecule has 4 rings (SSSR count). The van der Waals surface area contributed by atoms with Crippen molar-refractivity contribution in [2.45, 2.75) is 25.4 Å². The average Bonchev–Trinajstić information content (AvgIpc) is 3.08. The summed E-state index contributed by atoms with van der Waals surface area (Å²) in [6.45, 7) is 0.317. The van der Waals surface area contributed by atoms with Crippen molar-refractivity contribution in [3.8, 4) is 5.75 Å². The maximum atomic E-state index is 13.0. The van der Waals surface area contributed by atoms with Gasteiger partial charge in [0, 0.05) is 30.1 Å². The summed E-state index contributed by atoms with van der Waals surface area (Å²) < 4.78 is 5.27. The van der Waals surface area contributed by atoms with Crippen LogP contribution in [0.3, 0.4) is 0 Å². The number of fused-ring (bicyclic) bond motifs is 2. The fraction of sp³-hybridized carbons (Fsp3) is 0.238. The molecule has 0 saturated heterocycles. The first-order valence-electron chi connectivity index (χ1n) is 8.80. The van der Waals surface area contributed by atoms with Crippen LogP contribution in [0, 0.1) is 0 Å². The van der Waals surface area contributed by atoms with Gasteiger partial charge in [-0.1, -0.05) is 24.3 Å². The first-order chi connectivity index (χ1) is 13.1. The normalized spacial score (nSPS) is 16.2. The number of benzene rings is 2. The van der Waals surface area contributed by atoms with Crippen LogP contribution in [0.15, 0.2) is 48.7 Å². The maximum Gasteiger partial charge on any atom is 0.326 e. The SMILES string of the molecule is COc1ccc2[nH]cc(CC(=O)N3Cc4ccccc4CC3C(=O)O)c2c1. The predicted octanol–water partition coefficient (Wildman–Crippen LogP) is 2.76. The van der Waals surface area contributed by atoms with E-state index in [0.717, 1.165) is 27.6 Å². The number of carboxylic acids is 1. The molecule has 2 aromatic carbocycles. The zero-order chi connectivity index (χ0) is 19.0. The van der Waals surface area contributed by atoms with Crippen LogP contribution in [-0.4, -0.2) is 40.0 Å². The summed E-state index contributed by atoms with van der Waals surface area (Å²) in [6, 6.07) is 12.5. The van der Waals surface area contributed by atoms with Gasteiger partial charge >= 0.3 is 5.97 Å². The maximum absolute atomic E-state index is 13.0. The van der Waals surface area contributed by atoms with E-state index in [0.29, 0.717) is 18.7 Å². The lowest BCUT2D eigenvalue weighted by atomic mass is 9.93. The third kappa shape index (κ3) is 3.14. The Balaban J connectivity index is 1.63. The second kappa shape index (κ2) is 6.79. The number of aromatic amines is 1. The van der Waals surface area contributed by atoms with E-state index < -0.39 is 12.0 Å². The van der Waals surface area contributed by atoms with E-state index in [1.165, 1.54) is 4.90 Å². The number of rotatable bonds is 4. The van der Waals surface area contributed by atoms with Crippen LogP contribution in [-0.2, 0) is 29.0 Å². The third-order valence-electron chi connectivity index (χ3n) is 5.17. The van der Waals surface area contributed by atoms with E-state index in [4.69, 9.17) is 4.74 Å². The topological polar surface area (TPSA) is 82.6 Å². The van der Waals surface area contributed by atoms with Crippen molar-refractivity contribution in [2.24, 2.45) is 0 Å². The van der Waals surface area contributed by atoms with Gasteiger partial charge < -0.3 is 19.7 Å². The van der Waals surface area contributed by atoms with Gasteiger partial charge in [0.15, 0.2) is 0 Å². The summed E-state index contributed by atoms with van der Waals surface area (Å²) in [5, 5.41) is 10.5. The molecule has 1 unspecified atom stereocenters. The van der Waals surface area contributed by atoms with Crippen molar-refractivity contribution < 1.29 is 19.4 Å². The Morgan fingerprint density at radius 3 is 2.74 bits per heavy atom. The molecular formula is C21H20N2O4. The van der Waals surface area contributed by atoms with Crippen molar-refractivity contribution in [1.29, 1.82) is 0 Å². The van der Waals surface area contributed by atoms with Crippen LogP contribution < -0.4 is 4.74 Å². The van der Waals surface area contributed by atoms with Crippen molar-refractivity contribution in [2.75, 3.05) is 7.11 Å². The number of carboxylic acid groups (broad SMARTS) is 1. The van der Waals surface area contributed by atoms with Gasteiger partial charge in [-0.25, -0.2) is 4.79 Å². The van der Waals surface area contributed by atoms with Crippen LogP contribution in [0.2, 0.25) is 0 Å². The number of aromatic nitrogens is 1. The number of amides is 1. The van der Waals surface area contributed by atoms with Crippen molar-refractivity contribution >= 4 is 22.8 Å². The molecule has 0 aliphatic carbocycles. The molecule has 0 saturated carbocycles. The fourth-order valence-corrected chi connectivity index (χ4v) is 3.70. The lowest BCUT2D eigenvalue weighted by Gasteiger charge is -2.34. The smallest absolute Gasteiger partial charge is 0.326 e. The van der Waals surface area contributed by atoms with Gasteiger partial charge in [0.25, 0.3) is 0 Å². The molecule has 0 radical (unpaired) electrons. The Morgan fingerprint density at radius 2 is 2.00 bits per heavy atom. The van der Waals surface area contributed by atoms with Crippen LogP contribution in [0.25, 0.3) is 10.9 Å². The van der Waals surface area contributed by atoms with Crippen molar-refractivity contribution in [1.82, 2.24) is 9.88 Å². The minimum Gasteiger partial charge on any atom is -0.497 e. The Kier molecular flexibility index (Phi) is 4.32. The summed E-state index contributed by atoms with van der Waals surface area (Å²) in [5.74, 6) is -0.454. The molecule has 1 amide bonds. The van der Waals surface area contributed by atoms with E-state index in [9.17, 15) is 14.7 Å². The monoisotopic (exact) mass is 364 g/mol. The zero-order valence-corrected chi connectivity index (χ0v) is 14.9. The molecule has 2 heterocycles. The molecule has 3 aromatic rings. The van der Waals surface area contributed by atoms with Crippen LogP contribution in [0.5, 0.6) is 5.75 Å². The first-order valence-corrected chi connectivity index (χ1v) is 8.80. The van der Waals surface area contributed by atoms with Gasteiger partial charge in [-0.2, -0.15) is 0 Å². The zero-order valence-electron chi connectivity index (χ0n) is 14.9. The molecule has 1 aliphatic rings. The van der Waals surface area contributed by atoms with Gasteiger partial charge in [0.1, 0.15) is 11.8 Å². The number of methoxy groups -OCH3 is 1. The molecule has 1 atom stereocenters. The quantitative estimate of drug-likeness (QED) is 0.746. The number of H-pyrrole nitrogens is 1. The van der Waals surface area contributed by atoms with Gasteiger partial charge in [0.2, 0.25) is 5.91 Å². The molecule has 0 bridgehead atoms. The Labute approximate surface area is 156 Å². The number of carbonyl (C=O) groups excluding carboxylic acids is 1. The lowest BCUT2D eigenvalue weighted by Crippen LogP contribution is -2.49. The molecule has 27 heavy (non-hydrogen) atoms. The Bertz CT molecular complexity index is 1020. The summed E-state index contributed by atoms with van der Waals surface area (Å²) in [7, 11) is 1.60. The number of ether oxygens (including phenoxy) is 1. The number of nitrogens with one attached hydrogen (secondary N) is 1.